The third kappa shape index (κ3) is 2.93. The van der Waals surface area contributed by atoms with Crippen molar-refractivity contribution in [3.05, 3.63) is 41.5 Å². The third-order valence-electron chi connectivity index (χ3n) is 4.11. The zero-order chi connectivity index (χ0) is 14.7. The molecule has 21 heavy (non-hydrogen) atoms. The van der Waals surface area contributed by atoms with E-state index in [0.29, 0.717) is 11.7 Å². The summed E-state index contributed by atoms with van der Waals surface area (Å²) in [7, 11) is 0. The molecule has 1 aromatic carbocycles. The van der Waals surface area contributed by atoms with Crippen LogP contribution in [0.5, 0.6) is 5.75 Å². The van der Waals surface area contributed by atoms with Crippen LogP contribution in [-0.4, -0.2) is 10.1 Å². The molecule has 0 atom stereocenters. The topological polar surface area (TPSA) is 74.2 Å². The fourth-order valence-electron chi connectivity index (χ4n) is 2.82. The van der Waals surface area contributed by atoms with Crippen molar-refractivity contribution >= 4 is 0 Å². The second-order valence-corrected chi connectivity index (χ2v) is 5.62. The Morgan fingerprint density at radius 3 is 2.81 bits per heavy atom. The lowest BCUT2D eigenvalue weighted by Crippen LogP contribution is -2.34. The minimum absolute atomic E-state index is 0.278. The van der Waals surface area contributed by atoms with E-state index in [1.165, 1.54) is 5.56 Å². The molecule has 112 valence electrons. The predicted molar refractivity (Wildman–Crippen MR) is 78.8 cm³/mol. The number of aromatic nitrogens is 2. The molecule has 5 nitrogen and oxygen atoms in total. The van der Waals surface area contributed by atoms with E-state index in [2.05, 4.69) is 23.1 Å². The van der Waals surface area contributed by atoms with Gasteiger partial charge in [0.2, 0.25) is 0 Å². The van der Waals surface area contributed by atoms with Gasteiger partial charge in [0.1, 0.15) is 5.75 Å². The molecule has 2 N–H and O–H groups in total. The van der Waals surface area contributed by atoms with E-state index < -0.39 is 5.54 Å². The third-order valence-corrected chi connectivity index (χ3v) is 4.11. The Bertz CT molecular complexity index is 603. The van der Waals surface area contributed by atoms with Gasteiger partial charge in [-0.2, -0.15) is 4.98 Å². The molecule has 1 heterocycles. The average Bonchev–Trinajstić information content (AvgIpc) is 3.15. The molecule has 1 saturated carbocycles. The Morgan fingerprint density at radius 2 is 2.05 bits per heavy atom. The van der Waals surface area contributed by atoms with Gasteiger partial charge in [-0.05, 0) is 30.9 Å². The zero-order valence-electron chi connectivity index (χ0n) is 12.3. The van der Waals surface area contributed by atoms with Crippen LogP contribution in [0, 0.1) is 0 Å². The number of hydrogen-bond acceptors (Lipinski definition) is 5. The van der Waals surface area contributed by atoms with E-state index in [-0.39, 0.29) is 6.61 Å². The second kappa shape index (κ2) is 5.85. The molecule has 0 radical (unpaired) electrons. The largest absolute Gasteiger partial charge is 0.483 e. The van der Waals surface area contributed by atoms with Gasteiger partial charge in [-0.1, -0.05) is 43.1 Å². The van der Waals surface area contributed by atoms with Crippen LogP contribution in [-0.2, 0) is 18.6 Å². The molecule has 5 heteroatoms. The van der Waals surface area contributed by atoms with E-state index in [4.69, 9.17) is 15.0 Å². The number of para-hydroxylation sites is 1. The first-order chi connectivity index (χ1) is 10.2. The van der Waals surface area contributed by atoms with Gasteiger partial charge in [0.25, 0.3) is 5.89 Å². The summed E-state index contributed by atoms with van der Waals surface area (Å²) in [5.74, 6) is 1.96. The summed E-state index contributed by atoms with van der Waals surface area (Å²) >= 11 is 0. The molecule has 0 amide bonds. The van der Waals surface area contributed by atoms with E-state index in [1.54, 1.807) is 0 Å². The van der Waals surface area contributed by atoms with Crippen LogP contribution in [0.4, 0.5) is 0 Å². The minimum atomic E-state index is -0.414. The Balaban J connectivity index is 1.67. The molecule has 3 rings (SSSR count). The van der Waals surface area contributed by atoms with Gasteiger partial charge in [-0.3, -0.25) is 0 Å². The molecular formula is C16H21N3O2. The highest BCUT2D eigenvalue weighted by Crippen LogP contribution is 2.34. The molecule has 1 fully saturated rings. The molecular weight excluding hydrogens is 266 g/mol. The first-order valence-electron chi connectivity index (χ1n) is 7.54. The van der Waals surface area contributed by atoms with Crippen molar-refractivity contribution in [2.24, 2.45) is 5.73 Å². The van der Waals surface area contributed by atoms with E-state index in [9.17, 15) is 0 Å². The summed E-state index contributed by atoms with van der Waals surface area (Å²) in [6.07, 6.45) is 5.02. The van der Waals surface area contributed by atoms with Crippen molar-refractivity contribution in [1.29, 1.82) is 0 Å². The first kappa shape index (κ1) is 14.1. The fourth-order valence-corrected chi connectivity index (χ4v) is 2.82. The number of rotatable bonds is 5. The maximum atomic E-state index is 6.32. The van der Waals surface area contributed by atoms with Crippen LogP contribution in [0.15, 0.2) is 28.8 Å². The van der Waals surface area contributed by atoms with Gasteiger partial charge < -0.3 is 15.0 Å². The van der Waals surface area contributed by atoms with Crippen LogP contribution >= 0.6 is 0 Å². The quantitative estimate of drug-likeness (QED) is 0.915. The van der Waals surface area contributed by atoms with E-state index in [1.807, 2.05) is 18.2 Å². The normalized spacial score (nSPS) is 17.0. The molecule has 0 saturated heterocycles. The van der Waals surface area contributed by atoms with Gasteiger partial charge in [0, 0.05) is 0 Å². The molecule has 1 aliphatic carbocycles. The number of ether oxygens (including phenoxy) is 1. The fraction of sp³-hybridized carbons (Fsp3) is 0.500. The summed E-state index contributed by atoms with van der Waals surface area (Å²) in [6, 6.07) is 7.98. The van der Waals surface area contributed by atoms with Crippen molar-refractivity contribution in [1.82, 2.24) is 10.1 Å². The monoisotopic (exact) mass is 287 g/mol. The number of nitrogens with two attached hydrogens (primary N) is 1. The van der Waals surface area contributed by atoms with Crippen molar-refractivity contribution in [3.63, 3.8) is 0 Å². The Morgan fingerprint density at radius 1 is 1.29 bits per heavy atom. The van der Waals surface area contributed by atoms with Crippen LogP contribution in [0.1, 0.15) is 49.9 Å². The summed E-state index contributed by atoms with van der Waals surface area (Å²) in [6.45, 7) is 2.38. The molecule has 1 aromatic heterocycles. The maximum Gasteiger partial charge on any atom is 0.264 e. The summed E-state index contributed by atoms with van der Waals surface area (Å²) in [5, 5.41) is 4.03. The van der Waals surface area contributed by atoms with Crippen LogP contribution in [0.3, 0.4) is 0 Å². The SMILES string of the molecule is CCc1ccccc1OCc1nc(C2(N)CCCC2)no1. The number of benzene rings is 1. The van der Waals surface area contributed by atoms with E-state index in [0.717, 1.165) is 37.9 Å². The molecule has 0 bridgehead atoms. The van der Waals surface area contributed by atoms with Gasteiger partial charge in [0.15, 0.2) is 12.4 Å². The number of aryl methyl sites for hydroxylation is 1. The first-order valence-corrected chi connectivity index (χ1v) is 7.54. The zero-order valence-corrected chi connectivity index (χ0v) is 12.3. The highest BCUT2D eigenvalue weighted by Gasteiger charge is 2.35. The van der Waals surface area contributed by atoms with Gasteiger partial charge >= 0.3 is 0 Å². The van der Waals surface area contributed by atoms with Crippen molar-refractivity contribution in [3.8, 4) is 5.75 Å². The molecule has 2 aromatic rings. The standard InChI is InChI=1S/C16H21N3O2/c1-2-12-7-3-4-8-13(12)20-11-14-18-15(19-21-14)16(17)9-5-6-10-16/h3-4,7-8H,2,5-6,9-11,17H2,1H3. The predicted octanol–water partition coefficient (Wildman–Crippen LogP) is 2.94. The minimum Gasteiger partial charge on any atom is -0.483 e. The van der Waals surface area contributed by atoms with Crippen molar-refractivity contribution in [2.75, 3.05) is 0 Å². The van der Waals surface area contributed by atoms with Crippen LogP contribution < -0.4 is 10.5 Å². The summed E-state index contributed by atoms with van der Waals surface area (Å²) in [4.78, 5) is 4.41. The Labute approximate surface area is 124 Å². The molecule has 0 aliphatic heterocycles. The van der Waals surface area contributed by atoms with E-state index >= 15 is 0 Å². The Kier molecular flexibility index (Phi) is 3.92. The van der Waals surface area contributed by atoms with Crippen molar-refractivity contribution < 1.29 is 9.26 Å². The lowest BCUT2D eigenvalue weighted by Gasteiger charge is -2.17. The van der Waals surface area contributed by atoms with Crippen LogP contribution in [0.2, 0.25) is 0 Å². The highest BCUT2D eigenvalue weighted by atomic mass is 16.5. The van der Waals surface area contributed by atoms with Gasteiger partial charge in [0.05, 0.1) is 5.54 Å². The highest BCUT2D eigenvalue weighted by molar-refractivity contribution is 5.33. The number of nitrogens with zero attached hydrogens (tertiary/aromatic N) is 2. The molecule has 1 aliphatic rings. The summed E-state index contributed by atoms with van der Waals surface area (Å²) in [5.41, 5.74) is 7.08. The molecule has 0 spiro atoms. The average molecular weight is 287 g/mol. The van der Waals surface area contributed by atoms with Gasteiger partial charge in [-0.15, -0.1) is 0 Å². The molecule has 0 unspecified atom stereocenters. The Hall–Kier alpha value is -1.88. The van der Waals surface area contributed by atoms with Crippen LogP contribution in [0.25, 0.3) is 0 Å². The number of hydrogen-bond donors (Lipinski definition) is 1. The second-order valence-electron chi connectivity index (χ2n) is 5.62. The van der Waals surface area contributed by atoms with Crippen molar-refractivity contribution in [2.45, 2.75) is 51.2 Å². The van der Waals surface area contributed by atoms with Gasteiger partial charge in [-0.25, -0.2) is 0 Å². The maximum absolute atomic E-state index is 6.32. The smallest absolute Gasteiger partial charge is 0.264 e. The lowest BCUT2D eigenvalue weighted by atomic mass is 9.99. The summed E-state index contributed by atoms with van der Waals surface area (Å²) < 4.78 is 11.1. The lowest BCUT2D eigenvalue weighted by molar-refractivity contribution is 0.240.